The van der Waals surface area contributed by atoms with E-state index in [-0.39, 0.29) is 35.9 Å². The lowest BCUT2D eigenvalue weighted by Gasteiger charge is -2.65. The second-order valence-electron chi connectivity index (χ2n) is 13.6. The molecule has 2 heterocycles. The lowest BCUT2D eigenvalue weighted by Crippen LogP contribution is -2.69. The van der Waals surface area contributed by atoms with Gasteiger partial charge in [0.2, 0.25) is 0 Å². The Bertz CT molecular complexity index is 1070. The molecule has 0 aromatic carbocycles. The Morgan fingerprint density at radius 1 is 1.10 bits per heavy atom. The summed E-state index contributed by atoms with van der Waals surface area (Å²) < 4.78 is 23.0. The van der Waals surface area contributed by atoms with Crippen molar-refractivity contribution >= 4 is 12.2 Å². The molecule has 4 N–H and O–H groups in total. The molecule has 10 nitrogen and oxygen atoms in total. The normalized spacial score (nSPS) is 52.5. The maximum atomic E-state index is 12.5. The molecule has 0 unspecified atom stereocenters. The zero-order valence-corrected chi connectivity index (χ0v) is 23.8. The Kier molecular flexibility index (Phi) is 7.15. The van der Waals surface area contributed by atoms with Crippen molar-refractivity contribution in [2.75, 3.05) is 13.7 Å². The van der Waals surface area contributed by atoms with Gasteiger partial charge in [-0.25, -0.2) is 4.79 Å². The lowest BCUT2D eigenvalue weighted by molar-refractivity contribution is -0.284. The van der Waals surface area contributed by atoms with Crippen LogP contribution < -0.4 is 0 Å². The highest BCUT2D eigenvalue weighted by molar-refractivity contribution is 5.85. The van der Waals surface area contributed by atoms with Crippen LogP contribution in [0.1, 0.15) is 78.1 Å². The maximum Gasteiger partial charge on any atom is 0.331 e. The standard InChI is InChI=1S/C30H45NO9/c1-17-26(33)23(37-3)13-25(39-17)40-19-4-9-28(16-31-36)21-5-8-27(2)20(18-12-24(32)38-15-18)7-11-30(27,35)22(21)6-10-29(28,34)14-19/h12,16-17,19-23,25-26,33-36H,4-11,13-15H2,1-3H3/b31-16-/t17-,19+,20-,21-,22+,23+,25-,26-,27+,28-,29-,30-/m0/s1. The zero-order valence-electron chi connectivity index (χ0n) is 23.8. The number of aliphatic hydroxyl groups excluding tert-OH is 1. The molecule has 6 rings (SSSR count). The molecular weight excluding hydrogens is 518 g/mol. The first-order chi connectivity index (χ1) is 19.0. The van der Waals surface area contributed by atoms with E-state index >= 15 is 0 Å². The summed E-state index contributed by atoms with van der Waals surface area (Å²) in [6.07, 6.45) is 6.96. The third-order valence-corrected chi connectivity index (χ3v) is 12.2. The Hall–Kier alpha value is -1.56. The number of carbonyl (C=O) groups is 1. The number of methoxy groups -OCH3 is 1. The van der Waals surface area contributed by atoms with Crippen molar-refractivity contribution < 1.29 is 44.3 Å². The molecule has 12 atom stereocenters. The van der Waals surface area contributed by atoms with E-state index < -0.39 is 40.5 Å². The van der Waals surface area contributed by atoms with E-state index in [0.717, 1.165) is 24.8 Å². The largest absolute Gasteiger partial charge is 0.458 e. The number of ether oxygens (including phenoxy) is 4. The van der Waals surface area contributed by atoms with E-state index in [1.54, 1.807) is 26.3 Å². The van der Waals surface area contributed by atoms with Crippen molar-refractivity contribution in [2.45, 2.75) is 120 Å². The van der Waals surface area contributed by atoms with Gasteiger partial charge >= 0.3 is 5.97 Å². The number of oxime groups is 1. The number of aliphatic hydroxyl groups is 3. The Balaban J connectivity index is 1.23. The van der Waals surface area contributed by atoms with E-state index in [0.29, 0.717) is 51.6 Å². The number of hydrogen-bond donors (Lipinski definition) is 4. The molecule has 10 heteroatoms. The van der Waals surface area contributed by atoms with Crippen LogP contribution in [0.15, 0.2) is 16.8 Å². The van der Waals surface area contributed by atoms with E-state index in [4.69, 9.17) is 18.9 Å². The molecule has 0 spiro atoms. The number of rotatable bonds is 5. The molecule has 40 heavy (non-hydrogen) atoms. The predicted molar refractivity (Wildman–Crippen MR) is 142 cm³/mol. The molecule has 4 saturated carbocycles. The fraction of sp³-hybridized carbons (Fsp3) is 0.867. The number of esters is 1. The number of cyclic esters (lactones) is 1. The van der Waals surface area contributed by atoms with Crippen LogP contribution in [0.25, 0.3) is 0 Å². The average Bonchev–Trinajstić information content (AvgIpc) is 3.46. The Labute approximate surface area is 235 Å². The highest BCUT2D eigenvalue weighted by atomic mass is 16.7. The fourth-order valence-corrected chi connectivity index (χ4v) is 10.1. The molecule has 2 aliphatic heterocycles. The van der Waals surface area contributed by atoms with Gasteiger partial charge in [-0.05, 0) is 81.6 Å². The summed E-state index contributed by atoms with van der Waals surface area (Å²) in [5.41, 5.74) is -2.28. The van der Waals surface area contributed by atoms with Crippen LogP contribution in [-0.2, 0) is 23.7 Å². The molecule has 6 aliphatic rings. The maximum absolute atomic E-state index is 12.5. The van der Waals surface area contributed by atoms with Crippen LogP contribution in [0.5, 0.6) is 0 Å². The topological polar surface area (TPSA) is 147 Å². The minimum absolute atomic E-state index is 0.0469. The second kappa shape index (κ2) is 10.0. The van der Waals surface area contributed by atoms with E-state index in [2.05, 4.69) is 12.1 Å². The van der Waals surface area contributed by atoms with Gasteiger partial charge in [0.1, 0.15) is 12.7 Å². The first-order valence-electron chi connectivity index (χ1n) is 15.0. The molecule has 4 aliphatic carbocycles. The number of nitrogens with zero attached hydrogens (tertiary/aromatic N) is 1. The van der Waals surface area contributed by atoms with E-state index in [1.807, 2.05) is 0 Å². The molecule has 1 saturated heterocycles. The summed E-state index contributed by atoms with van der Waals surface area (Å²) in [7, 11) is 1.57. The van der Waals surface area contributed by atoms with E-state index in [1.165, 1.54) is 0 Å². The summed E-state index contributed by atoms with van der Waals surface area (Å²) in [5, 5.41) is 48.5. The summed E-state index contributed by atoms with van der Waals surface area (Å²) >= 11 is 0. The number of hydrogen-bond acceptors (Lipinski definition) is 10. The van der Waals surface area contributed by atoms with Crippen molar-refractivity contribution in [3.8, 4) is 0 Å². The van der Waals surface area contributed by atoms with Crippen LogP contribution in [0.3, 0.4) is 0 Å². The third kappa shape index (κ3) is 4.04. The van der Waals surface area contributed by atoms with Crippen molar-refractivity contribution in [3.05, 3.63) is 11.6 Å². The van der Waals surface area contributed by atoms with Gasteiger partial charge in [-0.3, -0.25) is 0 Å². The molecule has 5 fully saturated rings. The van der Waals surface area contributed by atoms with Gasteiger partial charge in [-0.1, -0.05) is 6.92 Å². The summed E-state index contributed by atoms with van der Waals surface area (Å²) in [4.78, 5) is 11.8. The minimum atomic E-state index is -1.15. The van der Waals surface area contributed by atoms with Crippen LogP contribution >= 0.6 is 0 Å². The van der Waals surface area contributed by atoms with Gasteiger partial charge in [0.15, 0.2) is 6.29 Å². The van der Waals surface area contributed by atoms with Crippen LogP contribution in [0.4, 0.5) is 0 Å². The van der Waals surface area contributed by atoms with Gasteiger partial charge < -0.3 is 39.5 Å². The quantitative estimate of drug-likeness (QED) is 0.130. The van der Waals surface area contributed by atoms with Gasteiger partial charge in [0.25, 0.3) is 0 Å². The lowest BCUT2D eigenvalue weighted by atomic mass is 9.41. The Morgan fingerprint density at radius 3 is 2.58 bits per heavy atom. The third-order valence-electron chi connectivity index (χ3n) is 12.2. The second-order valence-corrected chi connectivity index (χ2v) is 13.6. The zero-order chi connectivity index (χ0) is 28.5. The van der Waals surface area contributed by atoms with Crippen molar-refractivity contribution in [3.63, 3.8) is 0 Å². The summed E-state index contributed by atoms with van der Waals surface area (Å²) in [6, 6.07) is 0. The van der Waals surface area contributed by atoms with Crippen LogP contribution in [0.2, 0.25) is 0 Å². The van der Waals surface area contributed by atoms with Gasteiger partial charge in [0, 0.05) is 36.9 Å². The molecule has 0 aromatic rings. The van der Waals surface area contributed by atoms with Crippen LogP contribution in [0, 0.1) is 28.6 Å². The molecular formula is C30H45NO9. The highest BCUT2D eigenvalue weighted by Gasteiger charge is 2.71. The van der Waals surface area contributed by atoms with Gasteiger partial charge in [-0.15, -0.1) is 5.16 Å². The van der Waals surface area contributed by atoms with Crippen molar-refractivity contribution in [1.29, 1.82) is 0 Å². The SMILES string of the molecule is CO[C@@H]1C[C@H](O[C@@H]2CC[C@]3(/C=N\O)[C@H]4CC[C@]5(C)[C@H](C6=CC(=O)OC6)CC[C@]5(O)[C@@H]4CC[C@]3(O)C2)O[C@@H](C)[C@@H]1O. The van der Waals surface area contributed by atoms with E-state index in [9.17, 15) is 25.3 Å². The molecule has 0 radical (unpaired) electrons. The molecule has 224 valence electrons. The van der Waals surface area contributed by atoms with Crippen LogP contribution in [-0.4, -0.2) is 88.3 Å². The Morgan fingerprint density at radius 2 is 1.88 bits per heavy atom. The van der Waals surface area contributed by atoms with Crippen molar-refractivity contribution in [1.82, 2.24) is 0 Å². The monoisotopic (exact) mass is 563 g/mol. The van der Waals surface area contributed by atoms with Gasteiger partial charge in [0.05, 0.1) is 35.7 Å². The first-order valence-corrected chi connectivity index (χ1v) is 15.0. The summed E-state index contributed by atoms with van der Waals surface area (Å²) in [5.74, 6) is -0.319. The minimum Gasteiger partial charge on any atom is -0.458 e. The fourth-order valence-electron chi connectivity index (χ4n) is 10.1. The summed E-state index contributed by atoms with van der Waals surface area (Å²) in [6.45, 7) is 4.27. The average molecular weight is 564 g/mol. The number of fused-ring (bicyclic) bond motifs is 5. The predicted octanol–water partition coefficient (Wildman–Crippen LogP) is 2.69. The smallest absolute Gasteiger partial charge is 0.331 e. The van der Waals surface area contributed by atoms with Gasteiger partial charge in [-0.2, -0.15) is 0 Å². The van der Waals surface area contributed by atoms with Crippen molar-refractivity contribution in [2.24, 2.45) is 33.7 Å². The number of carbonyl (C=O) groups excluding carboxylic acids is 1. The highest BCUT2D eigenvalue weighted by Crippen LogP contribution is 2.70. The first kappa shape index (κ1) is 28.6. The molecule has 0 aromatic heterocycles. The molecule has 0 bridgehead atoms. The molecule has 0 amide bonds.